The predicted molar refractivity (Wildman–Crippen MR) is 624 cm³/mol. The quantitative estimate of drug-likeness (QED) is 0.0554. The summed E-state index contributed by atoms with van der Waals surface area (Å²) >= 11 is 12.2. The van der Waals surface area contributed by atoms with Crippen molar-refractivity contribution in [1.29, 1.82) is 0 Å². The molecule has 3 radical (unpaired) electrons. The van der Waals surface area contributed by atoms with Gasteiger partial charge in [-0.3, -0.25) is 65.6 Å². The zero-order chi connectivity index (χ0) is 103. The molecular weight excluding hydrogens is 2070 g/mol. The summed E-state index contributed by atoms with van der Waals surface area (Å²) in [5, 5.41) is 12.0. The molecule has 0 spiro atoms. The smallest absolute Gasteiger partial charge is 0.271 e. The van der Waals surface area contributed by atoms with Gasteiger partial charge in [0.05, 0.1) is 150 Å². The molecule has 6 fully saturated rings. The number of thiophene rings is 6. The number of ether oxygens (including phenoxy) is 1. The Hall–Kier alpha value is -12.5. The Morgan fingerprint density at radius 3 is 1.01 bits per heavy atom. The number of hydrogen-bond acceptors (Lipinski definition) is 31. The van der Waals surface area contributed by atoms with Gasteiger partial charge in [-0.25, -0.2) is 59.8 Å². The zero-order valence-corrected chi connectivity index (χ0v) is 92.2. The third-order valence-electron chi connectivity index (χ3n) is 30.2. The van der Waals surface area contributed by atoms with E-state index in [9.17, 15) is 33.6 Å². The highest BCUT2D eigenvalue weighted by atomic mass is 79.9. The van der Waals surface area contributed by atoms with Crippen molar-refractivity contribution in [2.75, 3.05) is 82.6 Å². The van der Waals surface area contributed by atoms with Gasteiger partial charge >= 0.3 is 0 Å². The van der Waals surface area contributed by atoms with Gasteiger partial charge in [0.15, 0.2) is 6.29 Å². The van der Waals surface area contributed by atoms with Crippen molar-refractivity contribution >= 4 is 272 Å². The molecule has 33 nitrogen and oxygen atoms in total. The standard InChI is InChI=1S/C21H26N4O2S.C18H20N4O2S.C18H18N4OS.C17H19BrN4OS.C17H17N5OS.C17H20N4OS.CH4.B.H2/c1-4-27-11-10-14-12-22-20-16(18(14)24(2)3)17-19(28-20)21(26)25(13-23-17)15-8-6-5-7-9-15;1-21(2)15-11(9-23)8-19-17-13(15)14-16(25-17)18(24)22(10-20-14)12-6-4-3-5-7-12;1-21-8-7-11-9-19-17-13(15(11)21)14-16(24-17)18(23)22(10-20-14)12-5-3-2-4-6-12;1-21(2)14-11(18)8-19-16-12(14)13-15(24-16)17(23)22(9-20-13)10-6-4-3-5-7-10;1-21-14-10(8-20-21)7-18-16-12(14)13-15(24-16)17(23)22(9-19-13)11-5-3-2-4-6-11;1-20(2)12-8-9-18-16-13(12)14-15(23-16)17(22)21(10-19-14)11-6-4-3-5-7-11;;;/h10-13,15H,4-9H2,1-3H3;8-10,12H,3-7H2,1-2H3;7-10,12H,2-6H2,1H3;8-10H,3-7H2,1-2H3;7-9,11H,2-6H2,1H3;8-11H,3-7H2,1-2H3;1H4;;1H/i;;;;;;;;1+1. The maximum absolute atomic E-state index is 13.2. The summed E-state index contributed by atoms with van der Waals surface area (Å²) in [6.07, 6.45) is 64.0. The molecule has 0 unspecified atom stereocenters. The fraction of sp³-hybridized carbons (Fsp3) is 0.450. The van der Waals surface area contributed by atoms with E-state index in [-0.39, 0.29) is 68.7 Å². The first-order valence-corrected chi connectivity index (χ1v) is 57.3. The number of pyridine rings is 6. The van der Waals surface area contributed by atoms with Crippen LogP contribution in [0.3, 0.4) is 0 Å². The Balaban J connectivity index is 0.000000118. The van der Waals surface area contributed by atoms with E-state index >= 15 is 0 Å². The van der Waals surface area contributed by atoms with Gasteiger partial charge in [0.2, 0.25) is 0 Å². The average Bonchev–Trinajstić information content (AvgIpc) is 1.60. The van der Waals surface area contributed by atoms with Crippen LogP contribution < -0.4 is 53.0 Å². The molecule has 0 aromatic carbocycles. The van der Waals surface area contributed by atoms with Gasteiger partial charge in [-0.05, 0) is 118 Å². The number of nitrogens with zero attached hydrogens (tertiary/aromatic N) is 25. The summed E-state index contributed by atoms with van der Waals surface area (Å²) in [7, 11) is 19.7. The van der Waals surface area contributed by atoms with E-state index in [0.717, 1.165) is 249 Å². The van der Waals surface area contributed by atoms with Gasteiger partial charge in [0.25, 0.3) is 33.4 Å². The monoisotopic (exact) mass is 2200 g/mol. The highest BCUT2D eigenvalue weighted by molar-refractivity contribution is 9.10. The van der Waals surface area contributed by atoms with E-state index in [4.69, 9.17) is 14.7 Å². The molecule has 20 heterocycles. The predicted octanol–water partition coefficient (Wildman–Crippen LogP) is 23.8. The van der Waals surface area contributed by atoms with Crippen LogP contribution in [-0.4, -0.2) is 179 Å². The van der Waals surface area contributed by atoms with E-state index in [2.05, 4.69) is 86.4 Å². The second kappa shape index (κ2) is 45.6. The first kappa shape index (κ1) is 106. The lowest BCUT2D eigenvalue weighted by atomic mass is 9.95. The van der Waals surface area contributed by atoms with Crippen molar-refractivity contribution in [1.82, 2.24) is 102 Å². The highest BCUT2D eigenvalue weighted by Crippen LogP contribution is 2.46. The number of anilines is 4. The lowest BCUT2D eigenvalue weighted by molar-refractivity contribution is 0.112. The van der Waals surface area contributed by atoms with E-state index in [1.54, 1.807) is 73.6 Å². The number of rotatable bonds is 14. The van der Waals surface area contributed by atoms with Crippen LogP contribution in [0.4, 0.5) is 22.7 Å². The Labute approximate surface area is 901 Å². The topological polar surface area (TPSA) is 349 Å². The van der Waals surface area contributed by atoms with Crippen molar-refractivity contribution < 1.29 is 11.0 Å². The zero-order valence-electron chi connectivity index (χ0n) is 85.7. The van der Waals surface area contributed by atoms with Crippen LogP contribution in [0.15, 0.2) is 139 Å². The molecule has 20 aromatic rings. The van der Waals surface area contributed by atoms with Crippen molar-refractivity contribution in [3.05, 3.63) is 184 Å². The Kier molecular flexibility index (Phi) is 32.2. The van der Waals surface area contributed by atoms with Gasteiger partial charge in [-0.15, -0.1) is 68.0 Å². The SMILES string of the molecule is C.CCOC=Cc1cnc2sc3c(=O)n(C4CCCCC4)cnc3c2c1N(C)C.CN(C)c1c(Br)cnc2sc3c(=O)n(C4CCCCC4)cnc3c12.CN(C)c1c(C=O)cnc2sc3c(=O)n(C4CCCCC4)cnc3c12.CN(C)c1ccnc2sc3c(=O)n(C4CCCCC4)cnc3c12.Cn1ccc2cnc3sc4c(=O)n(C5CCCCC5)cnc4c3c21.Cn1ncc2cnc3sc4c(=O)n(C5CCCCC5)cnc4c3c21.[2HH].[B]. The minimum absolute atomic E-state index is 0. The molecule has 6 saturated carbocycles. The van der Waals surface area contributed by atoms with Gasteiger partial charge < -0.3 is 28.9 Å². The van der Waals surface area contributed by atoms with Gasteiger partial charge in [-0.1, -0.05) is 123 Å². The summed E-state index contributed by atoms with van der Waals surface area (Å²) in [5.74, 6) is 0. The molecule has 26 rings (SSSR count). The summed E-state index contributed by atoms with van der Waals surface area (Å²) < 4.78 is 25.5. The summed E-state index contributed by atoms with van der Waals surface area (Å²) in [5.41, 5.74) is 12.4. The Bertz CT molecular complexity index is 8720. The third-order valence-corrected chi connectivity index (χ3v) is 37.2. The second-order valence-electron chi connectivity index (χ2n) is 40.4. The number of aldehydes is 1. The van der Waals surface area contributed by atoms with Crippen molar-refractivity contribution in [2.45, 2.75) is 243 Å². The molecular formula is C109H126BBrN25O8S6. The largest absolute Gasteiger partial charge is 0.501 e. The highest BCUT2D eigenvalue weighted by Gasteiger charge is 2.32. The number of carbonyl (C=O) groups excluding carboxylic acids is 1. The molecule has 0 N–H and O–H groups in total. The molecule has 0 amide bonds. The number of fused-ring (bicyclic) bond motifs is 22. The number of aromatic nitrogens is 21. The van der Waals surface area contributed by atoms with E-state index in [1.165, 1.54) is 171 Å². The second-order valence-corrected chi connectivity index (χ2v) is 47.3. The van der Waals surface area contributed by atoms with E-state index < -0.39 is 0 Å². The molecule has 781 valence electrons. The molecule has 0 aliphatic heterocycles. The number of aryl methyl sites for hydroxylation is 2. The van der Waals surface area contributed by atoms with Crippen LogP contribution >= 0.6 is 84.0 Å². The fourth-order valence-corrected chi connectivity index (χ4v) is 29.8. The maximum Gasteiger partial charge on any atom is 0.271 e. The molecule has 150 heavy (non-hydrogen) atoms. The summed E-state index contributed by atoms with van der Waals surface area (Å²) in [6.45, 7) is 2.57. The third kappa shape index (κ3) is 20.1. The Morgan fingerprint density at radius 1 is 0.360 bits per heavy atom. The van der Waals surface area contributed by atoms with Crippen LogP contribution in [0.5, 0.6) is 0 Å². The molecule has 0 bridgehead atoms. The minimum Gasteiger partial charge on any atom is -0.501 e. The summed E-state index contributed by atoms with van der Waals surface area (Å²) in [6, 6.07) is 5.73. The van der Waals surface area contributed by atoms with E-state index in [1.807, 2.05) is 157 Å². The van der Waals surface area contributed by atoms with Crippen molar-refractivity contribution in [3.63, 3.8) is 0 Å². The number of halogens is 1. The van der Waals surface area contributed by atoms with Gasteiger partial charge in [-0.2, -0.15) is 5.10 Å². The molecule has 0 atom stereocenters. The molecule has 20 aromatic heterocycles. The number of hydrogen-bond donors (Lipinski definition) is 0. The van der Waals surface area contributed by atoms with Gasteiger partial charge in [0.1, 0.15) is 73.7 Å². The normalized spacial score (nSPS) is 15.9. The first-order valence-electron chi connectivity index (χ1n) is 51.6. The molecule has 0 saturated heterocycles. The lowest BCUT2D eigenvalue weighted by Crippen LogP contribution is -2.26. The maximum atomic E-state index is 13.2. The van der Waals surface area contributed by atoms with Crippen molar-refractivity contribution in [3.8, 4) is 0 Å². The minimum atomic E-state index is 0. The van der Waals surface area contributed by atoms with E-state index in [0.29, 0.717) is 54.6 Å². The van der Waals surface area contributed by atoms with Crippen LogP contribution in [-0.2, 0) is 18.8 Å². The molecule has 41 heteroatoms. The first-order chi connectivity index (χ1) is 71.9. The van der Waals surface area contributed by atoms with Crippen LogP contribution in [0.25, 0.3) is 150 Å². The van der Waals surface area contributed by atoms with Gasteiger partial charge in [0, 0.05) is 176 Å². The van der Waals surface area contributed by atoms with Crippen LogP contribution in [0.1, 0.15) is 261 Å². The number of carbonyl (C=O) groups is 1. The van der Waals surface area contributed by atoms with Crippen molar-refractivity contribution in [2.24, 2.45) is 14.1 Å². The fourth-order valence-electron chi connectivity index (χ4n) is 22.9. The summed E-state index contributed by atoms with van der Waals surface area (Å²) in [4.78, 5) is 158. The lowest BCUT2D eigenvalue weighted by Gasteiger charge is -2.23. The van der Waals surface area contributed by atoms with Crippen LogP contribution in [0.2, 0.25) is 0 Å². The Morgan fingerprint density at radius 2 is 0.660 bits per heavy atom. The average molecular weight is 2200 g/mol. The molecule has 6 aliphatic rings. The van der Waals surface area contributed by atoms with Crippen LogP contribution in [0, 0.1) is 0 Å². The molecule has 6 aliphatic carbocycles.